The normalized spacial score (nSPS) is 13.3. The molecule has 0 unspecified atom stereocenters. The van der Waals surface area contributed by atoms with E-state index in [4.69, 9.17) is 4.84 Å². The molecule has 0 atom stereocenters. The Bertz CT molecular complexity index is 769. The molecule has 0 saturated heterocycles. The molecule has 25 heavy (non-hydrogen) atoms. The van der Waals surface area contributed by atoms with Crippen LogP contribution in [-0.2, 0) is 16.1 Å². The van der Waals surface area contributed by atoms with Gasteiger partial charge in [-0.1, -0.05) is 47.5 Å². The summed E-state index contributed by atoms with van der Waals surface area (Å²) in [5, 5.41) is 0.540. The summed E-state index contributed by atoms with van der Waals surface area (Å²) in [6, 6.07) is 16.3. The number of rotatable bonds is 6. The van der Waals surface area contributed by atoms with Crippen LogP contribution in [0.15, 0.2) is 54.6 Å². The lowest BCUT2D eigenvalue weighted by Crippen LogP contribution is -2.37. The number of carbonyl (C=O) groups excluding carboxylic acids is 3. The molecule has 0 fully saturated rings. The van der Waals surface area contributed by atoms with Gasteiger partial charge in [-0.2, -0.15) is 0 Å². The molecule has 1 aliphatic heterocycles. The van der Waals surface area contributed by atoms with E-state index in [1.54, 1.807) is 24.1 Å². The van der Waals surface area contributed by atoms with Crippen LogP contribution in [-0.4, -0.2) is 47.9 Å². The fourth-order valence-electron chi connectivity index (χ4n) is 2.64. The third-order valence-corrected chi connectivity index (χ3v) is 3.97. The van der Waals surface area contributed by atoms with Gasteiger partial charge in [0, 0.05) is 6.54 Å². The van der Waals surface area contributed by atoms with Crippen molar-refractivity contribution in [2.45, 2.75) is 6.42 Å². The summed E-state index contributed by atoms with van der Waals surface area (Å²) in [4.78, 5) is 43.1. The van der Waals surface area contributed by atoms with E-state index in [0.717, 1.165) is 6.42 Å². The van der Waals surface area contributed by atoms with Crippen LogP contribution < -0.4 is 0 Å². The minimum Gasteiger partial charge on any atom is -0.328 e. The molecule has 128 valence electrons. The van der Waals surface area contributed by atoms with Crippen LogP contribution in [0.2, 0.25) is 0 Å². The Morgan fingerprint density at radius 2 is 1.52 bits per heavy atom. The molecule has 0 radical (unpaired) electrons. The molecular formula is C19H18N2O4. The Hall–Kier alpha value is -2.99. The van der Waals surface area contributed by atoms with Gasteiger partial charge in [0.2, 0.25) is 0 Å². The number of fused-ring (bicyclic) bond motifs is 1. The van der Waals surface area contributed by atoms with Gasteiger partial charge in [0.1, 0.15) is 0 Å². The summed E-state index contributed by atoms with van der Waals surface area (Å²) in [7, 11) is 1.78. The van der Waals surface area contributed by atoms with Gasteiger partial charge >= 0.3 is 5.97 Å². The summed E-state index contributed by atoms with van der Waals surface area (Å²) in [5.41, 5.74) is 1.67. The molecule has 0 spiro atoms. The Balaban J connectivity index is 1.53. The zero-order chi connectivity index (χ0) is 17.8. The molecular weight excluding hydrogens is 320 g/mol. The molecule has 0 saturated carbocycles. The first-order chi connectivity index (χ1) is 12.1. The lowest BCUT2D eigenvalue weighted by molar-refractivity contribution is -0.169. The van der Waals surface area contributed by atoms with E-state index in [1.807, 2.05) is 30.3 Å². The number of imide groups is 1. The molecule has 0 aromatic heterocycles. The van der Waals surface area contributed by atoms with Gasteiger partial charge in [0.15, 0.2) is 0 Å². The van der Waals surface area contributed by atoms with E-state index >= 15 is 0 Å². The second-order valence-electron chi connectivity index (χ2n) is 5.89. The number of benzene rings is 2. The van der Waals surface area contributed by atoms with Crippen molar-refractivity contribution < 1.29 is 19.2 Å². The molecule has 1 heterocycles. The van der Waals surface area contributed by atoms with Crippen molar-refractivity contribution in [1.82, 2.24) is 9.96 Å². The van der Waals surface area contributed by atoms with Gasteiger partial charge in [-0.05, 0) is 31.2 Å². The monoisotopic (exact) mass is 338 g/mol. The maximum absolute atomic E-state index is 12.2. The van der Waals surface area contributed by atoms with Gasteiger partial charge in [0.05, 0.1) is 17.7 Å². The predicted octanol–water partition coefficient (Wildman–Crippen LogP) is 1.92. The third kappa shape index (κ3) is 3.75. The Kier molecular flexibility index (Phi) is 4.90. The highest BCUT2D eigenvalue weighted by molar-refractivity contribution is 6.20. The molecule has 2 aromatic rings. The first-order valence-corrected chi connectivity index (χ1v) is 7.97. The van der Waals surface area contributed by atoms with Crippen LogP contribution in [0, 0.1) is 0 Å². The summed E-state index contributed by atoms with van der Waals surface area (Å²) in [6.45, 7) is 0.640. The first kappa shape index (κ1) is 16.9. The standard InChI is InChI=1S/C19H18N2O4/c1-20(12-11-14-7-3-2-4-8-14)13-17(22)25-21-18(23)15-9-5-6-10-16(15)19(21)24/h2-10H,11-13H2,1H3. The van der Waals surface area contributed by atoms with Gasteiger partial charge < -0.3 is 4.84 Å². The maximum atomic E-state index is 12.2. The lowest BCUT2D eigenvalue weighted by atomic mass is 10.1. The Labute approximate surface area is 145 Å². The molecule has 2 aromatic carbocycles. The second-order valence-corrected chi connectivity index (χ2v) is 5.89. The summed E-state index contributed by atoms with van der Waals surface area (Å²) in [5.74, 6) is -1.87. The van der Waals surface area contributed by atoms with Crippen LogP contribution in [0.1, 0.15) is 26.3 Å². The van der Waals surface area contributed by atoms with Crippen LogP contribution in [0.5, 0.6) is 0 Å². The summed E-state index contributed by atoms with van der Waals surface area (Å²) < 4.78 is 0. The number of hydrogen-bond acceptors (Lipinski definition) is 5. The zero-order valence-electron chi connectivity index (χ0n) is 13.8. The van der Waals surface area contributed by atoms with Crippen molar-refractivity contribution in [2.24, 2.45) is 0 Å². The molecule has 1 aliphatic rings. The van der Waals surface area contributed by atoms with E-state index in [1.165, 1.54) is 17.7 Å². The second kappa shape index (κ2) is 7.27. The van der Waals surface area contributed by atoms with Crippen LogP contribution in [0.3, 0.4) is 0 Å². The summed E-state index contributed by atoms with van der Waals surface area (Å²) >= 11 is 0. The highest BCUT2D eigenvalue weighted by Gasteiger charge is 2.38. The van der Waals surface area contributed by atoms with Gasteiger partial charge in [-0.15, -0.1) is 0 Å². The van der Waals surface area contributed by atoms with Gasteiger partial charge in [-0.25, -0.2) is 4.79 Å². The number of carbonyl (C=O) groups is 3. The van der Waals surface area contributed by atoms with Gasteiger partial charge in [0.25, 0.3) is 11.8 Å². The van der Waals surface area contributed by atoms with Crippen LogP contribution in [0.4, 0.5) is 0 Å². The largest absolute Gasteiger partial charge is 0.347 e. The third-order valence-electron chi connectivity index (χ3n) is 3.97. The molecule has 6 heteroatoms. The lowest BCUT2D eigenvalue weighted by Gasteiger charge is -2.18. The van der Waals surface area contributed by atoms with Crippen LogP contribution in [0.25, 0.3) is 0 Å². The number of likely N-dealkylation sites (N-methyl/N-ethyl adjacent to an activating group) is 1. The number of nitrogens with zero attached hydrogens (tertiary/aromatic N) is 2. The molecule has 6 nitrogen and oxygen atoms in total. The highest BCUT2D eigenvalue weighted by Crippen LogP contribution is 2.22. The molecule has 0 bridgehead atoms. The highest BCUT2D eigenvalue weighted by atomic mass is 16.7. The van der Waals surface area contributed by atoms with E-state index in [2.05, 4.69) is 0 Å². The molecule has 0 aliphatic carbocycles. The van der Waals surface area contributed by atoms with Crippen molar-refractivity contribution in [1.29, 1.82) is 0 Å². The SMILES string of the molecule is CN(CCc1ccccc1)CC(=O)ON1C(=O)c2ccccc2C1=O. The number of hydrogen-bond donors (Lipinski definition) is 0. The van der Waals surface area contributed by atoms with Crippen molar-refractivity contribution in [2.75, 3.05) is 20.1 Å². The van der Waals surface area contributed by atoms with E-state index < -0.39 is 17.8 Å². The zero-order valence-corrected chi connectivity index (χ0v) is 13.8. The van der Waals surface area contributed by atoms with Crippen molar-refractivity contribution >= 4 is 17.8 Å². The van der Waals surface area contributed by atoms with Crippen molar-refractivity contribution in [3.8, 4) is 0 Å². The number of hydroxylamine groups is 2. The molecule has 3 rings (SSSR count). The molecule has 2 amide bonds. The van der Waals surface area contributed by atoms with Crippen molar-refractivity contribution in [3.63, 3.8) is 0 Å². The number of amides is 2. The average Bonchev–Trinajstić information content (AvgIpc) is 2.86. The van der Waals surface area contributed by atoms with Crippen LogP contribution >= 0.6 is 0 Å². The van der Waals surface area contributed by atoms with E-state index in [-0.39, 0.29) is 17.7 Å². The summed E-state index contributed by atoms with van der Waals surface area (Å²) in [6.07, 6.45) is 0.789. The quantitative estimate of drug-likeness (QED) is 0.753. The maximum Gasteiger partial charge on any atom is 0.347 e. The molecule has 0 N–H and O–H groups in total. The fraction of sp³-hybridized carbons (Fsp3) is 0.211. The Morgan fingerprint density at radius 1 is 0.960 bits per heavy atom. The van der Waals surface area contributed by atoms with Crippen molar-refractivity contribution in [3.05, 3.63) is 71.3 Å². The minimum absolute atomic E-state index is 0.0137. The minimum atomic E-state index is -0.648. The first-order valence-electron chi connectivity index (χ1n) is 7.97. The average molecular weight is 338 g/mol. The van der Waals surface area contributed by atoms with Gasteiger partial charge in [-0.3, -0.25) is 14.5 Å². The Morgan fingerprint density at radius 3 is 2.12 bits per heavy atom. The predicted molar refractivity (Wildman–Crippen MR) is 90.7 cm³/mol. The fourth-order valence-corrected chi connectivity index (χ4v) is 2.64. The van der Waals surface area contributed by atoms with E-state index in [9.17, 15) is 14.4 Å². The van der Waals surface area contributed by atoms with E-state index in [0.29, 0.717) is 11.6 Å². The topological polar surface area (TPSA) is 66.9 Å². The smallest absolute Gasteiger partial charge is 0.328 e.